The van der Waals surface area contributed by atoms with Crippen LogP contribution in [0, 0.1) is 0 Å². The monoisotopic (exact) mass is 222 g/mol. The Kier molecular flexibility index (Phi) is 3.35. The number of halogens is 1. The third-order valence-corrected chi connectivity index (χ3v) is 2.24. The summed E-state index contributed by atoms with van der Waals surface area (Å²) in [5, 5.41) is 1.02. The third kappa shape index (κ3) is 2.57. The number of benzene rings is 1. The van der Waals surface area contributed by atoms with Gasteiger partial charge in [0.05, 0.1) is 12.1 Å². The zero-order valence-corrected chi connectivity index (χ0v) is 8.94. The van der Waals surface area contributed by atoms with Gasteiger partial charge in [0, 0.05) is 17.5 Å². The van der Waals surface area contributed by atoms with Crippen molar-refractivity contribution >= 4 is 22.5 Å². The van der Waals surface area contributed by atoms with Crippen LogP contribution >= 0.6 is 11.6 Å². The minimum atomic E-state index is 0.416. The Morgan fingerprint density at radius 3 is 3.00 bits per heavy atom. The molecule has 0 fully saturated rings. The van der Waals surface area contributed by atoms with Crippen molar-refractivity contribution in [3.63, 3.8) is 0 Å². The lowest BCUT2D eigenvalue weighted by atomic mass is 10.2. The highest BCUT2D eigenvalue weighted by atomic mass is 35.5. The van der Waals surface area contributed by atoms with E-state index in [-0.39, 0.29) is 0 Å². The molecule has 0 bridgehead atoms. The minimum Gasteiger partial charge on any atom is -0.463 e. The van der Waals surface area contributed by atoms with Crippen molar-refractivity contribution in [2.24, 2.45) is 0 Å². The first-order valence-corrected chi connectivity index (χ1v) is 5.34. The normalized spacial score (nSPS) is 10.5. The SMILES string of the molecule is ClCCCOc1ncc2ccccc2n1. The molecule has 0 aliphatic carbocycles. The van der Waals surface area contributed by atoms with Crippen LogP contribution in [0.15, 0.2) is 30.5 Å². The lowest BCUT2D eigenvalue weighted by Crippen LogP contribution is -2.01. The molecule has 0 unspecified atom stereocenters. The Morgan fingerprint density at radius 1 is 1.27 bits per heavy atom. The van der Waals surface area contributed by atoms with E-state index in [1.807, 2.05) is 24.3 Å². The molecule has 1 aromatic carbocycles. The van der Waals surface area contributed by atoms with Gasteiger partial charge in [-0.1, -0.05) is 18.2 Å². The van der Waals surface area contributed by atoms with Crippen molar-refractivity contribution in [2.45, 2.75) is 6.42 Å². The van der Waals surface area contributed by atoms with Gasteiger partial charge in [0.25, 0.3) is 0 Å². The fourth-order valence-electron chi connectivity index (χ4n) is 1.24. The molecule has 0 aliphatic heterocycles. The predicted molar refractivity (Wildman–Crippen MR) is 60.4 cm³/mol. The van der Waals surface area contributed by atoms with Gasteiger partial charge in [0.1, 0.15) is 0 Å². The van der Waals surface area contributed by atoms with E-state index in [1.54, 1.807) is 6.20 Å². The smallest absolute Gasteiger partial charge is 0.316 e. The molecule has 0 saturated carbocycles. The molecule has 2 aromatic rings. The first-order valence-electron chi connectivity index (χ1n) is 4.81. The maximum Gasteiger partial charge on any atom is 0.316 e. The fourth-order valence-corrected chi connectivity index (χ4v) is 1.35. The largest absolute Gasteiger partial charge is 0.463 e. The molecular formula is C11H11ClN2O. The third-order valence-electron chi connectivity index (χ3n) is 1.98. The van der Waals surface area contributed by atoms with Crippen LogP contribution in [0.1, 0.15) is 6.42 Å². The van der Waals surface area contributed by atoms with Crippen LogP contribution in [0.5, 0.6) is 6.01 Å². The summed E-state index contributed by atoms with van der Waals surface area (Å²) in [5.41, 5.74) is 0.897. The summed E-state index contributed by atoms with van der Waals surface area (Å²) in [6.07, 6.45) is 2.57. The predicted octanol–water partition coefficient (Wildman–Crippen LogP) is 2.64. The first kappa shape index (κ1) is 10.2. The second-order valence-electron chi connectivity index (χ2n) is 3.10. The van der Waals surface area contributed by atoms with Crippen molar-refractivity contribution in [3.8, 4) is 6.01 Å². The average Bonchev–Trinajstić information content (AvgIpc) is 2.29. The molecule has 1 aromatic heterocycles. The van der Waals surface area contributed by atoms with Gasteiger partial charge < -0.3 is 4.74 Å². The fraction of sp³-hybridized carbons (Fsp3) is 0.273. The Hall–Kier alpha value is -1.35. The molecular weight excluding hydrogens is 212 g/mol. The molecule has 0 atom stereocenters. The van der Waals surface area contributed by atoms with Crippen LogP contribution < -0.4 is 4.74 Å². The second-order valence-corrected chi connectivity index (χ2v) is 3.48. The standard InChI is InChI=1S/C11H11ClN2O/c12-6-3-7-15-11-13-8-9-4-1-2-5-10(9)14-11/h1-2,4-5,8H,3,6-7H2. The van der Waals surface area contributed by atoms with Crippen LogP contribution in [-0.2, 0) is 0 Å². The summed E-state index contributed by atoms with van der Waals surface area (Å²) in [6, 6.07) is 8.22. The van der Waals surface area contributed by atoms with E-state index in [9.17, 15) is 0 Å². The molecule has 2 rings (SSSR count). The molecule has 0 saturated heterocycles. The Labute approximate surface area is 93.1 Å². The molecule has 0 amide bonds. The van der Waals surface area contributed by atoms with Gasteiger partial charge in [0.2, 0.25) is 0 Å². The highest BCUT2D eigenvalue weighted by Gasteiger charge is 1.99. The van der Waals surface area contributed by atoms with E-state index >= 15 is 0 Å². The van der Waals surface area contributed by atoms with Crippen LogP contribution in [0.2, 0.25) is 0 Å². The number of hydrogen-bond donors (Lipinski definition) is 0. The summed E-state index contributed by atoms with van der Waals surface area (Å²) >= 11 is 5.54. The summed E-state index contributed by atoms with van der Waals surface area (Å²) in [4.78, 5) is 8.37. The number of hydrogen-bond acceptors (Lipinski definition) is 3. The van der Waals surface area contributed by atoms with Gasteiger partial charge in [-0.3, -0.25) is 0 Å². The van der Waals surface area contributed by atoms with Crippen molar-refractivity contribution in [2.75, 3.05) is 12.5 Å². The first-order chi connectivity index (χ1) is 7.40. The van der Waals surface area contributed by atoms with Crippen LogP contribution in [-0.4, -0.2) is 22.5 Å². The number of alkyl halides is 1. The molecule has 0 N–H and O–H groups in total. The van der Waals surface area contributed by atoms with Crippen molar-refractivity contribution in [3.05, 3.63) is 30.5 Å². The average molecular weight is 223 g/mol. The van der Waals surface area contributed by atoms with Gasteiger partial charge in [-0.2, -0.15) is 4.98 Å². The number of para-hydroxylation sites is 1. The summed E-state index contributed by atoms with van der Waals surface area (Å²) in [7, 11) is 0. The quantitative estimate of drug-likeness (QED) is 0.589. The van der Waals surface area contributed by atoms with Crippen LogP contribution in [0.3, 0.4) is 0 Å². The van der Waals surface area contributed by atoms with E-state index in [0.29, 0.717) is 18.5 Å². The molecule has 15 heavy (non-hydrogen) atoms. The van der Waals surface area contributed by atoms with Crippen LogP contribution in [0.4, 0.5) is 0 Å². The van der Waals surface area contributed by atoms with Crippen molar-refractivity contribution < 1.29 is 4.74 Å². The Morgan fingerprint density at radius 2 is 2.13 bits per heavy atom. The second kappa shape index (κ2) is 4.94. The van der Waals surface area contributed by atoms with Gasteiger partial charge >= 0.3 is 6.01 Å². The van der Waals surface area contributed by atoms with E-state index in [1.165, 1.54) is 0 Å². The lowest BCUT2D eigenvalue weighted by Gasteiger charge is -2.03. The molecule has 78 valence electrons. The van der Waals surface area contributed by atoms with Gasteiger partial charge in [0.15, 0.2) is 0 Å². The zero-order valence-electron chi connectivity index (χ0n) is 8.19. The van der Waals surface area contributed by atoms with E-state index in [2.05, 4.69) is 9.97 Å². The number of fused-ring (bicyclic) bond motifs is 1. The Bertz CT molecular complexity index is 447. The highest BCUT2D eigenvalue weighted by molar-refractivity contribution is 6.17. The van der Waals surface area contributed by atoms with Gasteiger partial charge in [-0.25, -0.2) is 4.98 Å². The minimum absolute atomic E-state index is 0.416. The number of aromatic nitrogens is 2. The van der Waals surface area contributed by atoms with Gasteiger partial charge in [-0.05, 0) is 12.5 Å². The van der Waals surface area contributed by atoms with E-state index < -0.39 is 0 Å². The molecule has 1 heterocycles. The van der Waals surface area contributed by atoms with Crippen molar-refractivity contribution in [1.29, 1.82) is 0 Å². The zero-order chi connectivity index (χ0) is 10.5. The van der Waals surface area contributed by atoms with E-state index in [4.69, 9.17) is 16.3 Å². The summed E-state index contributed by atoms with van der Waals surface area (Å²) in [6.45, 7) is 0.557. The number of nitrogens with zero attached hydrogens (tertiary/aromatic N) is 2. The summed E-state index contributed by atoms with van der Waals surface area (Å²) < 4.78 is 5.35. The summed E-state index contributed by atoms with van der Waals surface area (Å²) in [5.74, 6) is 0.591. The number of ether oxygens (including phenoxy) is 1. The van der Waals surface area contributed by atoms with E-state index in [0.717, 1.165) is 17.3 Å². The lowest BCUT2D eigenvalue weighted by molar-refractivity contribution is 0.294. The molecule has 0 aliphatic rings. The maximum absolute atomic E-state index is 5.54. The number of rotatable bonds is 4. The molecule has 3 nitrogen and oxygen atoms in total. The topological polar surface area (TPSA) is 35.0 Å². The van der Waals surface area contributed by atoms with Crippen molar-refractivity contribution in [1.82, 2.24) is 9.97 Å². The Balaban J connectivity index is 2.16. The molecule has 0 spiro atoms. The van der Waals surface area contributed by atoms with Crippen LogP contribution in [0.25, 0.3) is 10.9 Å². The molecule has 4 heteroatoms. The van der Waals surface area contributed by atoms with Gasteiger partial charge in [-0.15, -0.1) is 11.6 Å². The maximum atomic E-state index is 5.54. The highest BCUT2D eigenvalue weighted by Crippen LogP contribution is 2.12. The molecule has 0 radical (unpaired) electrons.